The highest BCUT2D eigenvalue weighted by Crippen LogP contribution is 2.05. The Balaban J connectivity index is 4.15. The van der Waals surface area contributed by atoms with Crippen molar-refractivity contribution in [3.63, 3.8) is 0 Å². The van der Waals surface area contributed by atoms with Gasteiger partial charge in [-0.1, -0.05) is 0 Å². The molecule has 84 valence electrons. The highest BCUT2D eigenvalue weighted by atomic mass is 16.6. The third-order valence-electron chi connectivity index (χ3n) is 1.66. The van der Waals surface area contributed by atoms with Crippen LogP contribution in [0.3, 0.4) is 0 Å². The van der Waals surface area contributed by atoms with Gasteiger partial charge in [0.05, 0.1) is 6.61 Å². The molecule has 8 nitrogen and oxygen atoms in total. The lowest BCUT2D eigenvalue weighted by atomic mass is 10.0. The Morgan fingerprint density at radius 1 is 1.07 bits per heavy atom. The Morgan fingerprint density at radius 2 is 1.50 bits per heavy atom. The van der Waals surface area contributed by atoms with Crippen LogP contribution in [0.2, 0.25) is 0 Å². The van der Waals surface area contributed by atoms with E-state index in [0.717, 1.165) is 0 Å². The van der Waals surface area contributed by atoms with Gasteiger partial charge in [-0.3, -0.25) is 10.1 Å². The van der Waals surface area contributed by atoms with Gasteiger partial charge in [-0.05, 0) is 0 Å². The Hall–Kier alpha value is -0.800. The SMILES string of the molecule is O=[N+]([O-])CC(O)C(O)C(O)C(O)CO. The van der Waals surface area contributed by atoms with Gasteiger partial charge in [0.1, 0.15) is 24.4 Å². The Morgan fingerprint density at radius 3 is 1.86 bits per heavy atom. The molecule has 0 aliphatic heterocycles. The highest BCUT2D eigenvalue weighted by molar-refractivity contribution is 4.79. The van der Waals surface area contributed by atoms with E-state index in [2.05, 4.69) is 0 Å². The van der Waals surface area contributed by atoms with Crippen molar-refractivity contribution in [2.75, 3.05) is 13.2 Å². The van der Waals surface area contributed by atoms with Crippen LogP contribution in [0, 0.1) is 10.1 Å². The largest absolute Gasteiger partial charge is 0.394 e. The number of aliphatic hydroxyl groups excluding tert-OH is 5. The summed E-state index contributed by atoms with van der Waals surface area (Å²) in [6.45, 7) is -1.76. The van der Waals surface area contributed by atoms with E-state index in [1.807, 2.05) is 0 Å². The van der Waals surface area contributed by atoms with Crippen molar-refractivity contribution < 1.29 is 30.5 Å². The van der Waals surface area contributed by atoms with Crippen LogP contribution in [0.1, 0.15) is 0 Å². The first-order valence-electron chi connectivity index (χ1n) is 3.85. The average molecular weight is 211 g/mol. The predicted octanol–water partition coefficient (Wildman–Crippen LogP) is -3.30. The maximum atomic E-state index is 9.92. The molecule has 0 aromatic heterocycles. The van der Waals surface area contributed by atoms with Crippen LogP contribution in [0.15, 0.2) is 0 Å². The van der Waals surface area contributed by atoms with Crippen LogP contribution in [0.4, 0.5) is 0 Å². The number of hydrogen-bond donors (Lipinski definition) is 5. The summed E-state index contributed by atoms with van der Waals surface area (Å²) in [7, 11) is 0. The standard InChI is InChI=1S/C6H13NO7/c8-2-4(10)6(12)5(11)3(9)1-7(13)14/h3-6,8-12H,1-2H2. The molecule has 4 atom stereocenters. The zero-order valence-corrected chi connectivity index (χ0v) is 7.22. The van der Waals surface area contributed by atoms with Crippen LogP contribution in [-0.2, 0) is 0 Å². The van der Waals surface area contributed by atoms with Gasteiger partial charge in [0.25, 0.3) is 0 Å². The number of hydrogen-bond acceptors (Lipinski definition) is 7. The number of nitrogens with zero attached hydrogens (tertiary/aromatic N) is 1. The minimum atomic E-state index is -1.87. The van der Waals surface area contributed by atoms with Crippen LogP contribution in [0.25, 0.3) is 0 Å². The molecule has 5 N–H and O–H groups in total. The summed E-state index contributed by atoms with van der Waals surface area (Å²) >= 11 is 0. The molecular formula is C6H13NO7. The number of aliphatic hydroxyl groups is 5. The summed E-state index contributed by atoms with van der Waals surface area (Å²) < 4.78 is 0. The molecule has 0 aliphatic carbocycles. The molecule has 0 aliphatic rings. The van der Waals surface area contributed by atoms with Crippen LogP contribution < -0.4 is 0 Å². The Labute approximate surface area is 79.2 Å². The first-order valence-corrected chi connectivity index (χ1v) is 3.85. The molecule has 0 aromatic rings. The van der Waals surface area contributed by atoms with E-state index in [1.165, 1.54) is 0 Å². The molecule has 0 spiro atoms. The van der Waals surface area contributed by atoms with Gasteiger partial charge in [-0.25, -0.2) is 0 Å². The third-order valence-corrected chi connectivity index (χ3v) is 1.66. The second-order valence-corrected chi connectivity index (χ2v) is 2.81. The first kappa shape index (κ1) is 13.2. The summed E-state index contributed by atoms with van der Waals surface area (Å²) in [5.74, 6) is 0. The Bertz CT molecular complexity index is 187. The van der Waals surface area contributed by atoms with Crippen molar-refractivity contribution in [3.05, 3.63) is 10.1 Å². The zero-order valence-electron chi connectivity index (χ0n) is 7.22. The van der Waals surface area contributed by atoms with E-state index >= 15 is 0 Å². The topological polar surface area (TPSA) is 144 Å². The van der Waals surface area contributed by atoms with Gasteiger partial charge in [-0.2, -0.15) is 0 Å². The van der Waals surface area contributed by atoms with Crippen LogP contribution >= 0.6 is 0 Å². The lowest BCUT2D eigenvalue weighted by Gasteiger charge is -2.23. The lowest BCUT2D eigenvalue weighted by Crippen LogP contribution is -2.47. The number of nitro groups is 1. The molecule has 0 heterocycles. The van der Waals surface area contributed by atoms with Crippen LogP contribution in [0.5, 0.6) is 0 Å². The maximum Gasteiger partial charge on any atom is 0.232 e. The molecule has 4 unspecified atom stereocenters. The van der Waals surface area contributed by atoms with Crippen molar-refractivity contribution in [1.29, 1.82) is 0 Å². The monoisotopic (exact) mass is 211 g/mol. The second kappa shape index (κ2) is 5.83. The minimum Gasteiger partial charge on any atom is -0.394 e. The Kier molecular flexibility index (Phi) is 5.50. The summed E-state index contributed by atoms with van der Waals surface area (Å²) in [5, 5.41) is 54.2. The van der Waals surface area contributed by atoms with Crippen molar-refractivity contribution >= 4 is 0 Å². The van der Waals surface area contributed by atoms with Crippen molar-refractivity contribution in [3.8, 4) is 0 Å². The number of rotatable bonds is 6. The second-order valence-electron chi connectivity index (χ2n) is 2.81. The van der Waals surface area contributed by atoms with Gasteiger partial charge in [0.15, 0.2) is 0 Å². The van der Waals surface area contributed by atoms with Gasteiger partial charge < -0.3 is 25.5 Å². The van der Waals surface area contributed by atoms with Crippen molar-refractivity contribution in [2.24, 2.45) is 0 Å². The first-order chi connectivity index (χ1) is 6.40. The lowest BCUT2D eigenvalue weighted by molar-refractivity contribution is -0.493. The fraction of sp³-hybridized carbons (Fsp3) is 1.00. The average Bonchev–Trinajstić information content (AvgIpc) is 2.13. The quantitative estimate of drug-likeness (QED) is 0.228. The molecule has 0 radical (unpaired) electrons. The molecule has 0 rings (SSSR count). The molecule has 0 amide bonds. The smallest absolute Gasteiger partial charge is 0.232 e. The van der Waals surface area contributed by atoms with Crippen molar-refractivity contribution in [2.45, 2.75) is 24.4 Å². The van der Waals surface area contributed by atoms with E-state index in [9.17, 15) is 10.1 Å². The van der Waals surface area contributed by atoms with E-state index in [1.54, 1.807) is 0 Å². The summed E-state index contributed by atoms with van der Waals surface area (Å²) in [6.07, 6.45) is -7.13. The van der Waals surface area contributed by atoms with Crippen molar-refractivity contribution in [1.82, 2.24) is 0 Å². The zero-order chi connectivity index (χ0) is 11.3. The molecule has 0 bridgehead atoms. The molecule has 0 saturated heterocycles. The molecule has 0 fully saturated rings. The maximum absolute atomic E-state index is 9.92. The van der Waals surface area contributed by atoms with Gasteiger partial charge >= 0.3 is 0 Å². The summed E-state index contributed by atoms with van der Waals surface area (Å²) in [5.41, 5.74) is 0. The van der Waals surface area contributed by atoms with Gasteiger partial charge in [-0.15, -0.1) is 0 Å². The molecule has 14 heavy (non-hydrogen) atoms. The van der Waals surface area contributed by atoms with E-state index in [4.69, 9.17) is 25.5 Å². The normalized spacial score (nSPS) is 19.8. The molecular weight excluding hydrogens is 198 g/mol. The molecule has 0 aromatic carbocycles. The minimum absolute atomic E-state index is 0.816. The van der Waals surface area contributed by atoms with E-state index in [-0.39, 0.29) is 0 Å². The molecule has 0 saturated carbocycles. The third kappa shape index (κ3) is 3.94. The van der Waals surface area contributed by atoms with Crippen LogP contribution in [-0.4, -0.2) is 68.0 Å². The predicted molar refractivity (Wildman–Crippen MR) is 43.0 cm³/mol. The molecule has 8 heteroatoms. The van der Waals surface area contributed by atoms with Gasteiger partial charge in [0.2, 0.25) is 6.54 Å². The fourth-order valence-electron chi connectivity index (χ4n) is 0.824. The summed E-state index contributed by atoms with van der Waals surface area (Å²) in [6, 6.07) is 0. The fourth-order valence-corrected chi connectivity index (χ4v) is 0.824. The van der Waals surface area contributed by atoms with Gasteiger partial charge in [0, 0.05) is 4.92 Å². The van der Waals surface area contributed by atoms with E-state index < -0.39 is 42.5 Å². The highest BCUT2D eigenvalue weighted by Gasteiger charge is 2.32. The summed E-state index contributed by atoms with van der Waals surface area (Å²) in [4.78, 5) is 9.05. The van der Waals surface area contributed by atoms with E-state index in [0.29, 0.717) is 0 Å².